The number of fused-ring (bicyclic) bond motifs is 5. The standard InChI is InChI=1S/C21H30O3/c1-12-10-18(23)13(2)15-5-4-14-16-6-7-19(24)20(16,3)9-8-17(14)21(12,15)11-22/h12,14,16-17,22H,4-11H2,1-3H3/t12?,14-,16-,17+,20-,21-/m0/s1. The predicted molar refractivity (Wildman–Crippen MR) is 92.3 cm³/mol. The molecule has 3 nitrogen and oxygen atoms in total. The second-order valence-corrected chi connectivity index (χ2v) is 9.16. The zero-order valence-corrected chi connectivity index (χ0v) is 15.2. The van der Waals surface area contributed by atoms with Gasteiger partial charge < -0.3 is 5.11 Å². The minimum absolute atomic E-state index is 0.123. The van der Waals surface area contributed by atoms with E-state index in [0.717, 1.165) is 44.1 Å². The lowest BCUT2D eigenvalue weighted by Crippen LogP contribution is -2.56. The SMILES string of the molecule is CC1=C2CC[C@@H]3[C@@H](CC[C@]4(C)C(=O)CC[C@@H]34)[C@@]2(CO)C(C)CC1=O. The maximum absolute atomic E-state index is 12.5. The molecule has 0 saturated heterocycles. The van der Waals surface area contributed by atoms with E-state index in [4.69, 9.17) is 0 Å². The lowest BCUT2D eigenvalue weighted by molar-refractivity contribution is -0.136. The van der Waals surface area contributed by atoms with Crippen molar-refractivity contribution in [1.29, 1.82) is 0 Å². The second kappa shape index (κ2) is 5.27. The molecule has 4 rings (SSSR count). The van der Waals surface area contributed by atoms with Crippen LogP contribution in [0.25, 0.3) is 0 Å². The van der Waals surface area contributed by atoms with Gasteiger partial charge in [-0.05, 0) is 68.3 Å². The summed E-state index contributed by atoms with van der Waals surface area (Å²) >= 11 is 0. The first-order valence-corrected chi connectivity index (χ1v) is 9.74. The van der Waals surface area contributed by atoms with Crippen LogP contribution in [0.3, 0.4) is 0 Å². The normalized spacial score (nSPS) is 48.2. The Morgan fingerprint density at radius 3 is 2.58 bits per heavy atom. The highest BCUT2D eigenvalue weighted by Gasteiger charge is 2.62. The van der Waals surface area contributed by atoms with Crippen molar-refractivity contribution in [3.8, 4) is 0 Å². The van der Waals surface area contributed by atoms with Crippen LogP contribution in [-0.2, 0) is 9.59 Å². The average molecular weight is 330 g/mol. The van der Waals surface area contributed by atoms with Crippen molar-refractivity contribution >= 4 is 11.6 Å². The molecule has 0 heterocycles. The number of hydrogen-bond acceptors (Lipinski definition) is 3. The molecular formula is C21H30O3. The second-order valence-electron chi connectivity index (χ2n) is 9.16. The molecule has 0 aromatic heterocycles. The molecule has 4 aliphatic rings. The van der Waals surface area contributed by atoms with Gasteiger partial charge in [0.1, 0.15) is 5.78 Å². The Labute approximate surface area is 144 Å². The molecule has 24 heavy (non-hydrogen) atoms. The molecule has 132 valence electrons. The van der Waals surface area contributed by atoms with Crippen LogP contribution in [0.15, 0.2) is 11.1 Å². The molecule has 3 saturated carbocycles. The summed E-state index contributed by atoms with van der Waals surface area (Å²) in [5, 5.41) is 10.5. The molecule has 3 fully saturated rings. The molecule has 0 bridgehead atoms. The third kappa shape index (κ3) is 1.83. The topological polar surface area (TPSA) is 54.4 Å². The number of aliphatic hydroxyl groups is 1. The highest BCUT2D eigenvalue weighted by atomic mass is 16.3. The molecular weight excluding hydrogens is 300 g/mol. The fraction of sp³-hybridized carbons (Fsp3) is 0.810. The van der Waals surface area contributed by atoms with E-state index < -0.39 is 0 Å². The fourth-order valence-electron chi connectivity index (χ4n) is 7.22. The number of carbonyl (C=O) groups is 2. The molecule has 0 aromatic rings. The molecule has 0 spiro atoms. The molecule has 0 aliphatic heterocycles. The smallest absolute Gasteiger partial charge is 0.158 e. The van der Waals surface area contributed by atoms with Crippen molar-refractivity contribution in [3.63, 3.8) is 0 Å². The number of Topliss-reactive ketones (excluding diaryl/α,β-unsaturated/α-hetero) is 2. The van der Waals surface area contributed by atoms with Crippen molar-refractivity contribution in [1.82, 2.24) is 0 Å². The Morgan fingerprint density at radius 2 is 1.88 bits per heavy atom. The maximum atomic E-state index is 12.5. The van der Waals surface area contributed by atoms with Gasteiger partial charge in [-0.25, -0.2) is 0 Å². The number of carbonyl (C=O) groups excluding carboxylic acids is 2. The van der Waals surface area contributed by atoms with Crippen LogP contribution in [0.1, 0.15) is 65.7 Å². The molecule has 0 aromatic carbocycles. The third-order valence-corrected chi connectivity index (χ3v) is 8.60. The van der Waals surface area contributed by atoms with Gasteiger partial charge in [0.2, 0.25) is 0 Å². The van der Waals surface area contributed by atoms with E-state index >= 15 is 0 Å². The van der Waals surface area contributed by atoms with Gasteiger partial charge in [-0.1, -0.05) is 19.4 Å². The highest BCUT2D eigenvalue weighted by molar-refractivity contribution is 5.97. The molecule has 0 radical (unpaired) electrons. The molecule has 1 unspecified atom stereocenters. The third-order valence-electron chi connectivity index (χ3n) is 8.60. The van der Waals surface area contributed by atoms with Crippen molar-refractivity contribution in [2.24, 2.45) is 34.5 Å². The Kier molecular flexibility index (Phi) is 3.62. The molecule has 0 amide bonds. The van der Waals surface area contributed by atoms with E-state index in [0.29, 0.717) is 30.0 Å². The van der Waals surface area contributed by atoms with Gasteiger partial charge in [-0.15, -0.1) is 0 Å². The van der Waals surface area contributed by atoms with E-state index in [9.17, 15) is 14.7 Å². The van der Waals surface area contributed by atoms with Gasteiger partial charge in [-0.2, -0.15) is 0 Å². The van der Waals surface area contributed by atoms with Crippen molar-refractivity contribution in [3.05, 3.63) is 11.1 Å². The lowest BCUT2D eigenvalue weighted by atomic mass is 9.44. The van der Waals surface area contributed by atoms with Gasteiger partial charge >= 0.3 is 0 Å². The predicted octanol–water partition coefficient (Wildman–Crippen LogP) is 3.70. The first-order chi connectivity index (χ1) is 11.4. The summed E-state index contributed by atoms with van der Waals surface area (Å²) in [5.41, 5.74) is 1.84. The van der Waals surface area contributed by atoms with Crippen LogP contribution in [0.4, 0.5) is 0 Å². The Morgan fingerprint density at radius 1 is 1.12 bits per heavy atom. The van der Waals surface area contributed by atoms with Crippen LogP contribution in [0.5, 0.6) is 0 Å². The summed E-state index contributed by atoms with van der Waals surface area (Å²) in [6, 6.07) is 0. The maximum Gasteiger partial charge on any atom is 0.158 e. The molecule has 3 heteroatoms. The van der Waals surface area contributed by atoms with Gasteiger partial charge in [0, 0.05) is 23.7 Å². The number of ketones is 2. The number of aliphatic hydroxyl groups excluding tert-OH is 1. The monoisotopic (exact) mass is 330 g/mol. The Hall–Kier alpha value is -0.960. The van der Waals surface area contributed by atoms with Crippen LogP contribution in [-0.4, -0.2) is 23.3 Å². The van der Waals surface area contributed by atoms with Crippen LogP contribution in [0.2, 0.25) is 0 Å². The summed E-state index contributed by atoms with van der Waals surface area (Å²) in [6.45, 7) is 6.49. The average Bonchev–Trinajstić information content (AvgIpc) is 2.87. The van der Waals surface area contributed by atoms with E-state index in [2.05, 4.69) is 13.8 Å². The highest BCUT2D eigenvalue weighted by Crippen LogP contribution is 2.66. The van der Waals surface area contributed by atoms with Crippen molar-refractivity contribution < 1.29 is 14.7 Å². The minimum Gasteiger partial charge on any atom is -0.395 e. The molecule has 4 aliphatic carbocycles. The van der Waals surface area contributed by atoms with Gasteiger partial charge in [-0.3, -0.25) is 9.59 Å². The van der Waals surface area contributed by atoms with Crippen LogP contribution >= 0.6 is 0 Å². The van der Waals surface area contributed by atoms with Crippen molar-refractivity contribution in [2.75, 3.05) is 6.61 Å². The van der Waals surface area contributed by atoms with Gasteiger partial charge in [0.05, 0.1) is 6.61 Å². The summed E-state index contributed by atoms with van der Waals surface area (Å²) < 4.78 is 0. The van der Waals surface area contributed by atoms with Crippen molar-refractivity contribution in [2.45, 2.75) is 65.7 Å². The largest absolute Gasteiger partial charge is 0.395 e. The lowest BCUT2D eigenvalue weighted by Gasteiger charge is -2.60. The van der Waals surface area contributed by atoms with E-state index in [1.165, 1.54) is 5.57 Å². The Balaban J connectivity index is 1.80. The summed E-state index contributed by atoms with van der Waals surface area (Å²) in [6.07, 6.45) is 6.36. The van der Waals surface area contributed by atoms with E-state index in [1.54, 1.807) is 0 Å². The van der Waals surface area contributed by atoms with Gasteiger partial charge in [0.25, 0.3) is 0 Å². The van der Waals surface area contributed by atoms with E-state index in [1.807, 2.05) is 6.92 Å². The summed E-state index contributed by atoms with van der Waals surface area (Å²) in [5.74, 6) is 2.41. The Bertz CT molecular complexity index is 633. The fourth-order valence-corrected chi connectivity index (χ4v) is 7.22. The zero-order valence-electron chi connectivity index (χ0n) is 15.2. The number of hydrogen-bond donors (Lipinski definition) is 1. The summed E-state index contributed by atoms with van der Waals surface area (Å²) in [4.78, 5) is 24.9. The number of rotatable bonds is 1. The quantitative estimate of drug-likeness (QED) is 0.797. The van der Waals surface area contributed by atoms with Gasteiger partial charge in [0.15, 0.2) is 5.78 Å². The van der Waals surface area contributed by atoms with Crippen LogP contribution < -0.4 is 0 Å². The first kappa shape index (κ1) is 16.5. The first-order valence-electron chi connectivity index (χ1n) is 9.74. The van der Waals surface area contributed by atoms with E-state index in [-0.39, 0.29) is 29.1 Å². The summed E-state index contributed by atoms with van der Waals surface area (Å²) in [7, 11) is 0. The zero-order chi connectivity index (χ0) is 17.3. The molecule has 1 N–H and O–H groups in total. The molecule has 6 atom stereocenters. The van der Waals surface area contributed by atoms with Crippen LogP contribution in [0, 0.1) is 34.5 Å². The minimum atomic E-state index is -0.214.